The zero-order valence-electron chi connectivity index (χ0n) is 11.7. The molecule has 1 N–H and O–H groups in total. The van der Waals surface area contributed by atoms with Gasteiger partial charge in [0.1, 0.15) is 5.75 Å². The summed E-state index contributed by atoms with van der Waals surface area (Å²) in [6, 6.07) is 11.0. The molecule has 5 nitrogen and oxygen atoms in total. The minimum Gasteiger partial charge on any atom is -0.508 e. The van der Waals surface area contributed by atoms with Gasteiger partial charge in [0.15, 0.2) is 5.78 Å². The Morgan fingerprint density at radius 1 is 1.09 bits per heavy atom. The van der Waals surface area contributed by atoms with Crippen molar-refractivity contribution in [1.29, 1.82) is 0 Å². The van der Waals surface area contributed by atoms with Crippen molar-refractivity contribution >= 4 is 17.5 Å². The number of carbonyl (C=O) groups excluding carboxylic acids is 1. The van der Waals surface area contributed by atoms with Crippen molar-refractivity contribution in [3.05, 3.63) is 74.8 Å². The van der Waals surface area contributed by atoms with Gasteiger partial charge >= 0.3 is 0 Å². The molecule has 0 bridgehead atoms. The second-order valence-corrected chi connectivity index (χ2v) is 5.19. The molecule has 0 saturated carbocycles. The van der Waals surface area contributed by atoms with Crippen molar-refractivity contribution in [2.24, 2.45) is 0 Å². The molecule has 0 heterocycles. The highest BCUT2D eigenvalue weighted by molar-refractivity contribution is 6.13. The van der Waals surface area contributed by atoms with E-state index in [0.717, 1.165) is 11.1 Å². The number of hydrogen-bond acceptors (Lipinski definition) is 4. The number of aryl methyl sites for hydroxylation is 1. The van der Waals surface area contributed by atoms with E-state index in [0.29, 0.717) is 24.0 Å². The number of Topliss-reactive ketones (excluding diaryl/α,β-unsaturated/α-hetero) is 1. The number of benzene rings is 2. The Balaban J connectivity index is 1.98. The monoisotopic (exact) mass is 295 g/mol. The van der Waals surface area contributed by atoms with Crippen molar-refractivity contribution < 1.29 is 14.8 Å². The number of nitro groups is 1. The van der Waals surface area contributed by atoms with Crippen LogP contribution in [0.2, 0.25) is 0 Å². The highest BCUT2D eigenvalue weighted by atomic mass is 16.6. The number of ketones is 1. The number of phenols is 1. The first kappa shape index (κ1) is 14.0. The van der Waals surface area contributed by atoms with E-state index in [1.165, 1.54) is 12.1 Å². The van der Waals surface area contributed by atoms with Gasteiger partial charge in [0.25, 0.3) is 5.69 Å². The molecule has 22 heavy (non-hydrogen) atoms. The van der Waals surface area contributed by atoms with E-state index in [-0.39, 0.29) is 17.2 Å². The fourth-order valence-corrected chi connectivity index (χ4v) is 2.57. The third-order valence-electron chi connectivity index (χ3n) is 3.74. The maximum atomic E-state index is 12.5. The van der Waals surface area contributed by atoms with Crippen LogP contribution in [-0.4, -0.2) is 15.8 Å². The zero-order chi connectivity index (χ0) is 15.7. The van der Waals surface area contributed by atoms with Gasteiger partial charge in [-0.25, -0.2) is 0 Å². The first-order valence-corrected chi connectivity index (χ1v) is 6.86. The predicted octanol–water partition coefficient (Wildman–Crippen LogP) is 3.51. The van der Waals surface area contributed by atoms with E-state index in [9.17, 15) is 20.0 Å². The normalized spacial score (nSPS) is 15.6. The van der Waals surface area contributed by atoms with Crippen LogP contribution in [0.25, 0.3) is 6.08 Å². The first-order chi connectivity index (χ1) is 10.5. The molecule has 0 radical (unpaired) electrons. The summed E-state index contributed by atoms with van der Waals surface area (Å²) in [6.45, 7) is 0. The second-order valence-electron chi connectivity index (χ2n) is 5.19. The Hall–Kier alpha value is -2.95. The van der Waals surface area contributed by atoms with Crippen LogP contribution >= 0.6 is 0 Å². The van der Waals surface area contributed by atoms with Gasteiger partial charge in [-0.15, -0.1) is 0 Å². The third kappa shape index (κ3) is 2.61. The summed E-state index contributed by atoms with van der Waals surface area (Å²) >= 11 is 0. The van der Waals surface area contributed by atoms with Gasteiger partial charge in [-0.2, -0.15) is 0 Å². The van der Waals surface area contributed by atoms with Crippen LogP contribution in [0.4, 0.5) is 5.69 Å². The molecule has 2 aromatic carbocycles. The lowest BCUT2D eigenvalue weighted by Gasteiger charge is -2.17. The zero-order valence-corrected chi connectivity index (χ0v) is 11.7. The van der Waals surface area contributed by atoms with Crippen molar-refractivity contribution in [1.82, 2.24) is 0 Å². The number of aromatic hydroxyl groups is 1. The predicted molar refractivity (Wildman–Crippen MR) is 81.8 cm³/mol. The molecule has 0 aromatic heterocycles. The smallest absolute Gasteiger partial charge is 0.270 e. The second kappa shape index (κ2) is 5.44. The average molecular weight is 295 g/mol. The summed E-state index contributed by atoms with van der Waals surface area (Å²) in [6.07, 6.45) is 3.05. The third-order valence-corrected chi connectivity index (χ3v) is 3.74. The van der Waals surface area contributed by atoms with Gasteiger partial charge in [0.2, 0.25) is 0 Å². The molecule has 0 spiro atoms. The van der Waals surface area contributed by atoms with Crippen LogP contribution < -0.4 is 0 Å². The molecule has 110 valence electrons. The van der Waals surface area contributed by atoms with Gasteiger partial charge in [0, 0.05) is 23.3 Å². The Morgan fingerprint density at radius 2 is 1.82 bits per heavy atom. The number of carbonyl (C=O) groups is 1. The van der Waals surface area contributed by atoms with Gasteiger partial charge in [-0.3, -0.25) is 14.9 Å². The lowest BCUT2D eigenvalue weighted by Crippen LogP contribution is -2.14. The first-order valence-electron chi connectivity index (χ1n) is 6.86. The minimum atomic E-state index is -0.495. The number of fused-ring (bicyclic) bond motifs is 1. The van der Waals surface area contributed by atoms with Crippen LogP contribution in [0.15, 0.2) is 48.0 Å². The van der Waals surface area contributed by atoms with E-state index in [1.54, 1.807) is 36.4 Å². The van der Waals surface area contributed by atoms with E-state index >= 15 is 0 Å². The highest BCUT2D eigenvalue weighted by Gasteiger charge is 2.24. The molecular formula is C17H13NO4. The Labute approximate surface area is 126 Å². The molecule has 3 rings (SSSR count). The Morgan fingerprint density at radius 3 is 2.50 bits per heavy atom. The van der Waals surface area contributed by atoms with E-state index < -0.39 is 4.92 Å². The Kier molecular flexibility index (Phi) is 3.47. The van der Waals surface area contributed by atoms with Crippen LogP contribution in [0.1, 0.15) is 27.9 Å². The molecule has 2 aromatic rings. The summed E-state index contributed by atoms with van der Waals surface area (Å²) in [5, 5.41) is 20.1. The molecule has 1 aliphatic carbocycles. The number of non-ortho nitro benzene ring substituents is 1. The van der Waals surface area contributed by atoms with Crippen LogP contribution in [-0.2, 0) is 6.42 Å². The average Bonchev–Trinajstić information content (AvgIpc) is 2.52. The topological polar surface area (TPSA) is 80.4 Å². The number of hydrogen-bond donors (Lipinski definition) is 1. The largest absolute Gasteiger partial charge is 0.508 e. The summed E-state index contributed by atoms with van der Waals surface area (Å²) in [5.74, 6) is -0.00360. The SMILES string of the molecule is O=C1C(=Cc2ccc(O)cc2)CCc2ccc([N+](=O)[O-])cc21. The minimum absolute atomic E-state index is 0.0713. The molecule has 0 saturated heterocycles. The number of rotatable bonds is 2. The molecule has 0 atom stereocenters. The fraction of sp³-hybridized carbons (Fsp3) is 0.118. The highest BCUT2D eigenvalue weighted by Crippen LogP contribution is 2.29. The van der Waals surface area contributed by atoms with Gasteiger partial charge in [0.05, 0.1) is 4.92 Å². The maximum absolute atomic E-state index is 12.5. The standard InChI is InChI=1S/C17H13NO4/c19-15-7-1-11(2-8-15)9-13-4-3-12-5-6-14(18(21)22)10-16(12)17(13)20/h1-2,5-10,19H,3-4H2. The fourth-order valence-electron chi connectivity index (χ4n) is 2.57. The molecule has 0 amide bonds. The summed E-state index contributed by atoms with van der Waals surface area (Å²) < 4.78 is 0. The summed E-state index contributed by atoms with van der Waals surface area (Å²) in [4.78, 5) is 22.9. The van der Waals surface area contributed by atoms with Crippen molar-refractivity contribution in [3.63, 3.8) is 0 Å². The van der Waals surface area contributed by atoms with Crippen LogP contribution in [0.3, 0.4) is 0 Å². The van der Waals surface area contributed by atoms with Crippen molar-refractivity contribution in [2.75, 3.05) is 0 Å². The number of nitrogens with zero attached hydrogens (tertiary/aromatic N) is 1. The van der Waals surface area contributed by atoms with Gasteiger partial charge in [-0.1, -0.05) is 18.2 Å². The van der Waals surface area contributed by atoms with Gasteiger partial charge in [-0.05, 0) is 42.2 Å². The number of allylic oxidation sites excluding steroid dienone is 1. The van der Waals surface area contributed by atoms with Crippen molar-refractivity contribution in [3.8, 4) is 5.75 Å². The molecular weight excluding hydrogens is 282 g/mol. The molecule has 0 fully saturated rings. The molecule has 1 aliphatic rings. The molecule has 5 heteroatoms. The lowest BCUT2D eigenvalue weighted by molar-refractivity contribution is -0.384. The van der Waals surface area contributed by atoms with E-state index in [4.69, 9.17) is 0 Å². The quantitative estimate of drug-likeness (QED) is 0.522. The summed E-state index contributed by atoms with van der Waals surface area (Å²) in [5.41, 5.74) is 2.62. The van der Waals surface area contributed by atoms with Crippen molar-refractivity contribution in [2.45, 2.75) is 12.8 Å². The maximum Gasteiger partial charge on any atom is 0.270 e. The van der Waals surface area contributed by atoms with E-state index in [2.05, 4.69) is 0 Å². The molecule has 0 unspecified atom stereocenters. The number of phenolic OH excluding ortho intramolecular Hbond substituents is 1. The van der Waals surface area contributed by atoms with E-state index in [1.807, 2.05) is 0 Å². The number of nitro benzene ring substituents is 1. The van der Waals surface area contributed by atoms with Crippen LogP contribution in [0, 0.1) is 10.1 Å². The van der Waals surface area contributed by atoms with Crippen LogP contribution in [0.5, 0.6) is 5.75 Å². The lowest BCUT2D eigenvalue weighted by atomic mass is 9.86. The summed E-state index contributed by atoms with van der Waals surface area (Å²) in [7, 11) is 0. The molecule has 0 aliphatic heterocycles. The van der Waals surface area contributed by atoms with Gasteiger partial charge < -0.3 is 5.11 Å². The Bertz CT molecular complexity index is 791.